The van der Waals surface area contributed by atoms with Crippen molar-refractivity contribution >= 4 is 40.4 Å². The van der Waals surface area contributed by atoms with Crippen molar-refractivity contribution in [1.29, 1.82) is 0 Å². The minimum Gasteiger partial charge on any atom is -0.489 e. The Balaban J connectivity index is 1.25. The Labute approximate surface area is 351 Å². The van der Waals surface area contributed by atoms with Crippen LogP contribution in [0.25, 0.3) is 6.08 Å². The van der Waals surface area contributed by atoms with Crippen molar-refractivity contribution < 1.29 is 33.3 Å². The van der Waals surface area contributed by atoms with Crippen molar-refractivity contribution in [2.24, 2.45) is 0 Å². The Morgan fingerprint density at radius 3 is 1.48 bits per heavy atom. The van der Waals surface area contributed by atoms with E-state index in [0.29, 0.717) is 45.2 Å². The van der Waals surface area contributed by atoms with Crippen LogP contribution in [-0.4, -0.2) is 11.8 Å². The van der Waals surface area contributed by atoms with Crippen molar-refractivity contribution in [3.05, 3.63) is 225 Å². The minimum absolute atomic E-state index is 0.000235. The van der Waals surface area contributed by atoms with Crippen LogP contribution >= 0.6 is 22.6 Å². The van der Waals surface area contributed by atoms with E-state index in [1.54, 1.807) is 36.4 Å². The number of ketones is 1. The molecular weight excluding hydrogens is 839 g/mol. The second-order valence-corrected chi connectivity index (χ2v) is 14.2. The molecule has 58 heavy (non-hydrogen) atoms. The molecule has 0 aromatic heterocycles. The van der Waals surface area contributed by atoms with Crippen LogP contribution in [0.3, 0.4) is 0 Å². The van der Waals surface area contributed by atoms with E-state index in [9.17, 15) is 9.59 Å². The third-order valence-corrected chi connectivity index (χ3v) is 9.98. The molecule has 0 aliphatic heterocycles. The van der Waals surface area contributed by atoms with Gasteiger partial charge in [0, 0.05) is 17.7 Å². The van der Waals surface area contributed by atoms with Gasteiger partial charge in [0.1, 0.15) is 55.0 Å². The summed E-state index contributed by atoms with van der Waals surface area (Å²) in [5.74, 6) is 0.671. The van der Waals surface area contributed by atoms with E-state index in [1.807, 2.05) is 146 Å². The quantitative estimate of drug-likeness (QED) is 0.0296. The van der Waals surface area contributed by atoms with Gasteiger partial charge in [0.2, 0.25) is 0 Å². The lowest BCUT2D eigenvalue weighted by atomic mass is 10.0. The first-order valence-electron chi connectivity index (χ1n) is 18.7. The zero-order valence-corrected chi connectivity index (χ0v) is 33.6. The summed E-state index contributed by atoms with van der Waals surface area (Å²) in [5, 5.41) is 0. The maximum Gasteiger partial charge on any atom is 0.343 e. The van der Waals surface area contributed by atoms with E-state index in [1.165, 1.54) is 6.08 Å². The van der Waals surface area contributed by atoms with Gasteiger partial charge in [-0.05, 0) is 81.3 Å². The number of halogens is 1. The molecule has 0 radical (unpaired) electrons. The Bertz CT molecular complexity index is 2460. The molecule has 0 aliphatic carbocycles. The zero-order valence-electron chi connectivity index (χ0n) is 31.5. The molecule has 288 valence electrons. The van der Waals surface area contributed by atoms with Crippen molar-refractivity contribution in [2.45, 2.75) is 26.4 Å². The van der Waals surface area contributed by atoms with Crippen LogP contribution in [0.4, 0.5) is 0 Å². The maximum absolute atomic E-state index is 14.6. The monoisotopic (exact) mass is 878 g/mol. The Morgan fingerprint density at radius 2 is 0.948 bits per heavy atom. The number of hydrogen-bond acceptors (Lipinski definition) is 7. The van der Waals surface area contributed by atoms with E-state index in [2.05, 4.69) is 22.6 Å². The number of hydrogen-bond donors (Lipinski definition) is 0. The Morgan fingerprint density at radius 1 is 0.483 bits per heavy atom. The molecule has 0 unspecified atom stereocenters. The summed E-state index contributed by atoms with van der Waals surface area (Å²) in [6, 6.07) is 54.8. The van der Waals surface area contributed by atoms with Gasteiger partial charge in [-0.15, -0.1) is 0 Å². The highest BCUT2D eigenvalue weighted by Gasteiger charge is 2.27. The number of carbonyl (C=O) groups excluding carboxylic acids is 2. The molecule has 0 spiro atoms. The molecule has 7 aromatic carbocycles. The lowest BCUT2D eigenvalue weighted by molar-refractivity contribution is 0.0732. The number of allylic oxidation sites excluding steroid dienone is 1. The van der Waals surface area contributed by atoms with Crippen molar-refractivity contribution in [1.82, 2.24) is 0 Å². The first-order chi connectivity index (χ1) is 28.5. The smallest absolute Gasteiger partial charge is 0.343 e. The highest BCUT2D eigenvalue weighted by atomic mass is 127. The predicted octanol–water partition coefficient (Wildman–Crippen LogP) is 11.7. The molecule has 0 atom stereocenters. The lowest BCUT2D eigenvalue weighted by Crippen LogP contribution is -2.14. The minimum atomic E-state index is -0.634. The molecule has 7 rings (SSSR count). The van der Waals surface area contributed by atoms with E-state index in [0.717, 1.165) is 22.3 Å². The first-order valence-corrected chi connectivity index (χ1v) is 19.7. The predicted molar refractivity (Wildman–Crippen MR) is 233 cm³/mol. The third kappa shape index (κ3) is 10.8. The number of rotatable bonds is 17. The highest BCUT2D eigenvalue weighted by molar-refractivity contribution is 14.1. The largest absolute Gasteiger partial charge is 0.489 e. The average molecular weight is 879 g/mol. The summed E-state index contributed by atoms with van der Waals surface area (Å²) in [5.41, 5.74) is 4.88. The highest BCUT2D eigenvalue weighted by Crippen LogP contribution is 2.42. The second kappa shape index (κ2) is 20.0. The van der Waals surface area contributed by atoms with Crippen LogP contribution in [0.2, 0.25) is 0 Å². The van der Waals surface area contributed by atoms with Gasteiger partial charge < -0.3 is 23.7 Å². The molecule has 7 nitrogen and oxygen atoms in total. The van der Waals surface area contributed by atoms with Gasteiger partial charge in [0.15, 0.2) is 11.5 Å². The van der Waals surface area contributed by atoms with Crippen molar-refractivity contribution in [3.8, 4) is 28.7 Å². The zero-order chi connectivity index (χ0) is 39.9. The third-order valence-electron chi connectivity index (χ3n) is 8.96. The Hall–Kier alpha value is -6.65. The number of ether oxygens (including phenoxy) is 5. The number of carbonyl (C=O) groups is 2. The topological polar surface area (TPSA) is 80.3 Å². The van der Waals surface area contributed by atoms with Crippen LogP contribution in [0, 0.1) is 3.57 Å². The molecule has 0 bridgehead atoms. The summed E-state index contributed by atoms with van der Waals surface area (Å²) >= 11 is 2.12. The van der Waals surface area contributed by atoms with Crippen LogP contribution < -0.4 is 23.7 Å². The van der Waals surface area contributed by atoms with E-state index in [-0.39, 0.29) is 30.3 Å². The van der Waals surface area contributed by atoms with Crippen molar-refractivity contribution in [3.63, 3.8) is 0 Å². The molecule has 0 amide bonds. The molecule has 0 fully saturated rings. The summed E-state index contributed by atoms with van der Waals surface area (Å²) in [4.78, 5) is 28.2. The fourth-order valence-electron chi connectivity index (χ4n) is 5.93. The van der Waals surface area contributed by atoms with E-state index < -0.39 is 11.8 Å². The van der Waals surface area contributed by atoms with Gasteiger partial charge >= 0.3 is 5.97 Å². The molecular formula is C50H39IO7. The van der Waals surface area contributed by atoms with Crippen LogP contribution in [-0.2, 0) is 26.4 Å². The molecule has 7 aromatic rings. The molecule has 0 N–H and O–H groups in total. The SMILES string of the molecule is O=C(Oc1cc(OCc2ccccc2)c(I)c(OCc2ccccc2)c1C(=O)/C=C/c1ccc(OCc2ccccc2)cc1OCc1ccccc1)c1ccccc1. The fraction of sp³-hybridized carbons (Fsp3) is 0.0800. The molecule has 0 aliphatic rings. The molecule has 0 saturated carbocycles. The fourth-order valence-corrected chi connectivity index (χ4v) is 6.67. The van der Waals surface area contributed by atoms with Gasteiger partial charge in [-0.1, -0.05) is 140 Å². The van der Waals surface area contributed by atoms with E-state index >= 15 is 0 Å². The maximum atomic E-state index is 14.6. The van der Waals surface area contributed by atoms with Gasteiger partial charge in [-0.25, -0.2) is 4.79 Å². The normalized spacial score (nSPS) is 10.8. The van der Waals surface area contributed by atoms with Crippen LogP contribution in [0.1, 0.15) is 48.5 Å². The van der Waals surface area contributed by atoms with Crippen LogP contribution in [0.15, 0.2) is 182 Å². The first kappa shape index (κ1) is 39.6. The molecule has 8 heteroatoms. The van der Waals surface area contributed by atoms with Gasteiger partial charge in [-0.3, -0.25) is 4.79 Å². The van der Waals surface area contributed by atoms with Gasteiger partial charge in [0.25, 0.3) is 0 Å². The summed E-state index contributed by atoms with van der Waals surface area (Å²) in [6.07, 6.45) is 3.11. The van der Waals surface area contributed by atoms with E-state index in [4.69, 9.17) is 23.7 Å². The van der Waals surface area contributed by atoms with Gasteiger partial charge in [-0.2, -0.15) is 0 Å². The summed E-state index contributed by atoms with van der Waals surface area (Å²) in [6.45, 7) is 1.08. The Kier molecular flexibility index (Phi) is 13.6. The second-order valence-electron chi connectivity index (χ2n) is 13.1. The average Bonchev–Trinajstić information content (AvgIpc) is 3.28. The summed E-state index contributed by atoms with van der Waals surface area (Å²) < 4.78 is 31.8. The van der Waals surface area contributed by atoms with Crippen LogP contribution in [0.5, 0.6) is 28.7 Å². The standard InChI is InChI=1S/C50H39IO7/c51-48-46(56-34-38-20-10-3-11-21-38)31-45(58-50(53)41-24-14-5-15-25-41)47(49(48)57-35-39-22-12-4-13-23-39)43(52)29-27-40-26-28-42(54-32-36-16-6-1-7-17-36)30-44(40)55-33-37-18-8-2-9-19-37/h1-31H,32-35H2/b29-27+. The van der Waals surface area contributed by atoms with Crippen molar-refractivity contribution in [2.75, 3.05) is 0 Å². The number of benzene rings is 7. The molecule has 0 heterocycles. The van der Waals surface area contributed by atoms with Gasteiger partial charge in [0.05, 0.1) is 9.13 Å². The molecule has 0 saturated heterocycles. The summed E-state index contributed by atoms with van der Waals surface area (Å²) in [7, 11) is 0. The number of esters is 1. The lowest BCUT2D eigenvalue weighted by Gasteiger charge is -2.19.